The Morgan fingerprint density at radius 1 is 1.79 bits per heavy atom. The number of carbonyl (C=O) groups is 1. The summed E-state index contributed by atoms with van der Waals surface area (Å²) in [4.78, 5) is 24.6. The summed E-state index contributed by atoms with van der Waals surface area (Å²) >= 11 is 0. The van der Waals surface area contributed by atoms with E-state index in [1.807, 2.05) is 0 Å². The Hall–Kier alpha value is -2.03. The molecule has 8 nitrogen and oxygen atoms in total. The third-order valence-electron chi connectivity index (χ3n) is 2.77. The predicted octanol–water partition coefficient (Wildman–Crippen LogP) is 0.980. The molecule has 1 aromatic rings. The van der Waals surface area contributed by atoms with Crippen LogP contribution in [-0.2, 0) is 14.3 Å². The largest absolute Gasteiger partial charge is 0.459 e. The number of hydrogen-bond acceptors (Lipinski definition) is 6. The van der Waals surface area contributed by atoms with Crippen molar-refractivity contribution in [3.05, 3.63) is 22.5 Å². The molecule has 104 valence electrons. The van der Waals surface area contributed by atoms with Gasteiger partial charge in [0.25, 0.3) is 0 Å². The Labute approximate surface area is 107 Å². The number of alkyl halides is 1. The monoisotopic (exact) mass is 272 g/mol. The van der Waals surface area contributed by atoms with E-state index in [1.165, 1.54) is 23.9 Å². The fraction of sp³-hybridized carbons (Fsp3) is 0.600. The molecule has 0 N–H and O–H groups in total. The molecule has 1 aromatic heterocycles. The first-order valence-electron chi connectivity index (χ1n) is 5.58. The number of ether oxygens (including phenoxy) is 2. The molecule has 0 aromatic carbocycles. The molecule has 0 spiro atoms. The second kappa shape index (κ2) is 5.31. The van der Waals surface area contributed by atoms with E-state index < -0.39 is 42.0 Å². The maximum Gasteiger partial charge on any atom is 0.436 e. The topological polar surface area (TPSA) is 96.5 Å². The summed E-state index contributed by atoms with van der Waals surface area (Å²) in [6.45, 7) is 0.374. The fourth-order valence-electron chi connectivity index (χ4n) is 2.02. The molecule has 9 heteroatoms. The minimum Gasteiger partial charge on any atom is -0.459 e. The van der Waals surface area contributed by atoms with Crippen molar-refractivity contribution in [1.82, 2.24) is 9.55 Å². The normalized spacial score (nSPS) is 26.3. The standard InChI is InChI=1S/C10H12FN3O5/c1-6(15)18-7-4-9(19-8(7)5-11)13-3-2-12-10(13)14(16)17/h2-3,7-9H,4-5H2,1H3/i11-1. The summed E-state index contributed by atoms with van der Waals surface area (Å²) < 4.78 is 24.2. The van der Waals surface area contributed by atoms with E-state index in [0.717, 1.165) is 0 Å². The van der Waals surface area contributed by atoms with Crippen molar-refractivity contribution in [2.24, 2.45) is 0 Å². The molecule has 0 aliphatic carbocycles. The van der Waals surface area contributed by atoms with Gasteiger partial charge in [0.05, 0.1) is 0 Å². The van der Waals surface area contributed by atoms with E-state index in [9.17, 15) is 19.3 Å². The van der Waals surface area contributed by atoms with Crippen molar-refractivity contribution in [2.45, 2.75) is 31.8 Å². The molecule has 1 fully saturated rings. The number of carbonyl (C=O) groups excluding carboxylic acids is 1. The van der Waals surface area contributed by atoms with Crippen LogP contribution in [0, 0.1) is 10.1 Å². The molecule has 1 aliphatic heterocycles. The summed E-state index contributed by atoms with van der Waals surface area (Å²) in [6, 6.07) is 0. The van der Waals surface area contributed by atoms with E-state index >= 15 is 0 Å². The van der Waals surface area contributed by atoms with Crippen molar-refractivity contribution in [1.29, 1.82) is 0 Å². The molecule has 2 heterocycles. The van der Waals surface area contributed by atoms with Crippen LogP contribution in [0.3, 0.4) is 0 Å². The highest BCUT2D eigenvalue weighted by molar-refractivity contribution is 5.66. The maximum atomic E-state index is 12.8. The molecule has 0 bridgehead atoms. The number of aromatic nitrogens is 2. The number of esters is 1. The lowest BCUT2D eigenvalue weighted by molar-refractivity contribution is -0.398. The van der Waals surface area contributed by atoms with E-state index in [0.29, 0.717) is 0 Å². The van der Waals surface area contributed by atoms with Crippen LogP contribution >= 0.6 is 0 Å². The minimum atomic E-state index is -0.920. The third kappa shape index (κ3) is 2.70. The van der Waals surface area contributed by atoms with E-state index in [2.05, 4.69) is 4.98 Å². The molecule has 2 rings (SSSR count). The van der Waals surface area contributed by atoms with Crippen LogP contribution in [0.4, 0.5) is 10.3 Å². The first kappa shape index (κ1) is 13.4. The zero-order valence-corrected chi connectivity index (χ0v) is 10.1. The van der Waals surface area contributed by atoms with Gasteiger partial charge >= 0.3 is 11.9 Å². The number of imidazole rings is 1. The van der Waals surface area contributed by atoms with Gasteiger partial charge in [-0.2, -0.15) is 0 Å². The minimum absolute atomic E-state index is 0.144. The highest BCUT2D eigenvalue weighted by Gasteiger charge is 2.41. The highest BCUT2D eigenvalue weighted by atomic mass is 18.2. The zero-order chi connectivity index (χ0) is 14.0. The number of nitrogens with zero attached hydrogens (tertiary/aromatic N) is 3. The van der Waals surface area contributed by atoms with Gasteiger partial charge in [-0.25, -0.2) is 8.96 Å². The van der Waals surface area contributed by atoms with Crippen molar-refractivity contribution in [3.8, 4) is 0 Å². The Morgan fingerprint density at radius 2 is 2.53 bits per heavy atom. The van der Waals surface area contributed by atoms with Crippen LogP contribution in [0.15, 0.2) is 12.4 Å². The molecule has 3 unspecified atom stereocenters. The number of rotatable bonds is 4. The molecule has 0 amide bonds. The third-order valence-corrected chi connectivity index (χ3v) is 2.77. The van der Waals surface area contributed by atoms with Gasteiger partial charge in [-0.15, -0.1) is 0 Å². The summed E-state index contributed by atoms with van der Waals surface area (Å²) in [5, 5.41) is 10.8. The molecule has 1 saturated heterocycles. The Kier molecular flexibility index (Phi) is 3.74. The van der Waals surface area contributed by atoms with Crippen molar-refractivity contribution in [3.63, 3.8) is 0 Å². The molecular weight excluding hydrogens is 260 g/mol. The number of hydrogen-bond donors (Lipinski definition) is 0. The Balaban J connectivity index is 2.16. The van der Waals surface area contributed by atoms with Crippen LogP contribution in [0.5, 0.6) is 0 Å². The average molecular weight is 272 g/mol. The van der Waals surface area contributed by atoms with Crippen LogP contribution in [-0.4, -0.2) is 39.3 Å². The lowest BCUT2D eigenvalue weighted by atomic mass is 10.2. The van der Waals surface area contributed by atoms with Crippen LogP contribution in [0.1, 0.15) is 19.6 Å². The predicted molar refractivity (Wildman–Crippen MR) is 58.9 cm³/mol. The van der Waals surface area contributed by atoms with E-state index in [-0.39, 0.29) is 6.42 Å². The SMILES string of the molecule is CC(=O)OC1CC(n2ccnc2[N+](=O)[O-])OC1C[18F]. The van der Waals surface area contributed by atoms with Gasteiger partial charge in [0.2, 0.25) is 0 Å². The van der Waals surface area contributed by atoms with Crippen LogP contribution in [0.2, 0.25) is 0 Å². The Bertz CT molecular complexity index is 491. The maximum absolute atomic E-state index is 12.8. The molecule has 19 heavy (non-hydrogen) atoms. The number of halogens is 1. The van der Waals surface area contributed by atoms with Gasteiger partial charge in [-0.1, -0.05) is 4.98 Å². The first-order chi connectivity index (χ1) is 9.02. The van der Waals surface area contributed by atoms with E-state index in [1.54, 1.807) is 0 Å². The summed E-state index contributed by atoms with van der Waals surface area (Å²) in [5.41, 5.74) is 0. The quantitative estimate of drug-likeness (QED) is 0.460. The highest BCUT2D eigenvalue weighted by Crippen LogP contribution is 2.33. The van der Waals surface area contributed by atoms with Crippen LogP contribution < -0.4 is 0 Å². The van der Waals surface area contributed by atoms with Gasteiger partial charge in [0, 0.05) is 13.3 Å². The molecular formula is C10H12FN3O5. The van der Waals surface area contributed by atoms with Gasteiger partial charge in [0.1, 0.15) is 31.3 Å². The van der Waals surface area contributed by atoms with E-state index in [4.69, 9.17) is 9.47 Å². The lowest BCUT2D eigenvalue weighted by Gasteiger charge is -2.13. The summed E-state index contributed by atoms with van der Waals surface area (Å²) in [5.74, 6) is -0.945. The summed E-state index contributed by atoms with van der Waals surface area (Å²) in [7, 11) is 0. The molecule has 1 aliphatic rings. The van der Waals surface area contributed by atoms with Crippen molar-refractivity contribution >= 4 is 11.9 Å². The molecule has 0 radical (unpaired) electrons. The Morgan fingerprint density at radius 3 is 3.11 bits per heavy atom. The zero-order valence-electron chi connectivity index (χ0n) is 10.1. The van der Waals surface area contributed by atoms with Gasteiger partial charge < -0.3 is 19.6 Å². The van der Waals surface area contributed by atoms with Gasteiger partial charge in [-0.05, 0) is 4.92 Å². The summed E-state index contributed by atoms with van der Waals surface area (Å²) in [6.07, 6.45) is 0.323. The molecule has 3 atom stereocenters. The lowest BCUT2D eigenvalue weighted by Crippen LogP contribution is -2.27. The number of nitro groups is 1. The van der Waals surface area contributed by atoms with Gasteiger partial charge in [-0.3, -0.25) is 4.79 Å². The smallest absolute Gasteiger partial charge is 0.436 e. The molecule has 0 saturated carbocycles. The fourth-order valence-corrected chi connectivity index (χ4v) is 2.02. The van der Waals surface area contributed by atoms with Crippen molar-refractivity contribution < 1.29 is 23.6 Å². The van der Waals surface area contributed by atoms with Crippen LogP contribution in [0.25, 0.3) is 0 Å². The van der Waals surface area contributed by atoms with Gasteiger partial charge in [0.15, 0.2) is 6.23 Å². The van der Waals surface area contributed by atoms with Crippen molar-refractivity contribution in [2.75, 3.05) is 6.67 Å². The first-order valence-corrected chi connectivity index (χ1v) is 5.58. The second-order valence-corrected chi connectivity index (χ2v) is 4.06. The second-order valence-electron chi connectivity index (χ2n) is 4.06. The average Bonchev–Trinajstić information content (AvgIpc) is 2.93.